The van der Waals surface area contributed by atoms with Gasteiger partial charge in [0.15, 0.2) is 0 Å². The summed E-state index contributed by atoms with van der Waals surface area (Å²) in [7, 11) is 0. The molecule has 0 saturated carbocycles. The van der Waals surface area contributed by atoms with Gasteiger partial charge in [-0.1, -0.05) is 12.1 Å². The fraction of sp³-hybridized carbons (Fsp3) is 0.385. The van der Waals surface area contributed by atoms with Gasteiger partial charge in [-0.25, -0.2) is 8.78 Å². The van der Waals surface area contributed by atoms with Crippen LogP contribution in [0.5, 0.6) is 0 Å². The van der Waals surface area contributed by atoms with Gasteiger partial charge in [-0.3, -0.25) is 4.57 Å². The van der Waals surface area contributed by atoms with Gasteiger partial charge in [0.1, 0.15) is 24.6 Å². The minimum absolute atomic E-state index is 0.0535. The van der Waals surface area contributed by atoms with Gasteiger partial charge in [0.25, 0.3) is 0 Å². The molecule has 184 valence electrons. The Morgan fingerprint density at radius 3 is 2.54 bits per heavy atom. The topological polar surface area (TPSA) is 82.0 Å². The van der Waals surface area contributed by atoms with Crippen molar-refractivity contribution in [1.29, 1.82) is 0 Å². The Morgan fingerprint density at radius 1 is 1.09 bits per heavy atom. The first-order valence-corrected chi connectivity index (χ1v) is 12.0. The zero-order valence-electron chi connectivity index (χ0n) is 19.4. The van der Waals surface area contributed by atoms with Crippen LogP contribution in [0.3, 0.4) is 0 Å². The average Bonchev–Trinajstić information content (AvgIpc) is 3.55. The van der Waals surface area contributed by atoms with E-state index >= 15 is 4.39 Å². The minimum Gasteiger partial charge on any atom is -0.394 e. The molecule has 0 unspecified atom stereocenters. The van der Waals surface area contributed by atoms with Crippen LogP contribution >= 0.6 is 0 Å². The van der Waals surface area contributed by atoms with Gasteiger partial charge in [-0.05, 0) is 67.4 Å². The third kappa shape index (κ3) is 5.58. The lowest BCUT2D eigenvalue weighted by Gasteiger charge is -2.35. The van der Waals surface area contributed by atoms with E-state index in [0.29, 0.717) is 13.0 Å². The fourth-order valence-corrected chi connectivity index (χ4v) is 4.93. The van der Waals surface area contributed by atoms with E-state index in [0.717, 1.165) is 53.6 Å². The molecule has 5 rings (SSSR count). The molecule has 1 aliphatic rings. The van der Waals surface area contributed by atoms with Crippen molar-refractivity contribution in [2.45, 2.75) is 37.5 Å². The molecule has 0 spiro atoms. The SMILES string of the molecule is OC[C@H](NC1CCN(C[C@@H](F)Cc2c[nH]c3ccc(-n4cnnc4)cc23)CC1)c1ccc(F)cc1. The standard InChI is InChI=1S/C26H30F2N6O/c27-20-3-1-18(2-4-20)26(15-35)32-22-7-9-33(10-8-22)14-21(28)11-19-13-29-25-6-5-23(12-24(19)25)34-16-30-31-17-34/h1-6,12-13,16-17,21-22,26,29,32,35H,7-11,14-15H2/t21-,26-/m0/s1. The first-order valence-electron chi connectivity index (χ1n) is 12.0. The second-order valence-corrected chi connectivity index (χ2v) is 9.24. The highest BCUT2D eigenvalue weighted by atomic mass is 19.1. The molecule has 1 saturated heterocycles. The Labute approximate surface area is 202 Å². The number of nitrogens with zero attached hydrogens (tertiary/aromatic N) is 4. The monoisotopic (exact) mass is 480 g/mol. The molecular formula is C26H30F2N6O. The predicted octanol–water partition coefficient (Wildman–Crippen LogP) is 3.56. The predicted molar refractivity (Wildman–Crippen MR) is 131 cm³/mol. The molecule has 2 atom stereocenters. The van der Waals surface area contributed by atoms with Crippen LogP contribution in [-0.2, 0) is 6.42 Å². The number of hydrogen-bond acceptors (Lipinski definition) is 5. The van der Waals surface area contributed by atoms with Gasteiger partial charge in [-0.15, -0.1) is 10.2 Å². The molecule has 9 heteroatoms. The number of halogens is 2. The number of nitrogens with one attached hydrogen (secondary N) is 2. The highest BCUT2D eigenvalue weighted by Crippen LogP contribution is 2.24. The maximum Gasteiger partial charge on any atom is 0.123 e. The van der Waals surface area contributed by atoms with E-state index in [1.54, 1.807) is 24.8 Å². The minimum atomic E-state index is -0.971. The summed E-state index contributed by atoms with van der Waals surface area (Å²) in [4.78, 5) is 5.42. The molecule has 1 aliphatic heterocycles. The molecule has 1 fully saturated rings. The van der Waals surface area contributed by atoms with Crippen molar-refractivity contribution in [1.82, 2.24) is 30.0 Å². The lowest BCUT2D eigenvalue weighted by molar-refractivity contribution is 0.139. The number of alkyl halides is 1. The van der Waals surface area contributed by atoms with Gasteiger partial charge in [0.05, 0.1) is 12.6 Å². The number of hydrogen-bond donors (Lipinski definition) is 3. The number of piperidine rings is 1. The molecule has 0 amide bonds. The van der Waals surface area contributed by atoms with E-state index in [4.69, 9.17) is 0 Å². The van der Waals surface area contributed by atoms with Crippen molar-refractivity contribution in [3.8, 4) is 5.69 Å². The van der Waals surface area contributed by atoms with Gasteiger partial charge < -0.3 is 20.3 Å². The Morgan fingerprint density at radius 2 is 1.83 bits per heavy atom. The molecule has 3 heterocycles. The number of aliphatic hydroxyl groups excluding tert-OH is 1. The average molecular weight is 481 g/mol. The summed E-state index contributed by atoms with van der Waals surface area (Å²) in [6, 6.07) is 12.2. The summed E-state index contributed by atoms with van der Waals surface area (Å²) < 4.78 is 30.1. The van der Waals surface area contributed by atoms with Crippen molar-refractivity contribution in [2.24, 2.45) is 0 Å². The number of aromatic amines is 1. The van der Waals surface area contributed by atoms with Crippen LogP contribution in [0.4, 0.5) is 8.78 Å². The van der Waals surface area contributed by atoms with E-state index in [-0.39, 0.29) is 24.5 Å². The lowest BCUT2D eigenvalue weighted by Crippen LogP contribution is -2.46. The number of rotatable bonds is 9. The van der Waals surface area contributed by atoms with Crippen molar-refractivity contribution in [3.05, 3.63) is 78.3 Å². The highest BCUT2D eigenvalue weighted by Gasteiger charge is 2.24. The van der Waals surface area contributed by atoms with Crippen molar-refractivity contribution < 1.29 is 13.9 Å². The van der Waals surface area contributed by atoms with E-state index in [9.17, 15) is 9.50 Å². The van der Waals surface area contributed by atoms with Gasteiger partial charge in [0, 0.05) is 41.8 Å². The second-order valence-electron chi connectivity index (χ2n) is 9.24. The van der Waals surface area contributed by atoms with Crippen molar-refractivity contribution in [2.75, 3.05) is 26.2 Å². The summed E-state index contributed by atoms with van der Waals surface area (Å²) in [6.45, 7) is 1.94. The number of aromatic nitrogens is 4. The largest absolute Gasteiger partial charge is 0.394 e. The first-order chi connectivity index (χ1) is 17.1. The molecule has 0 radical (unpaired) electrons. The molecule has 0 aliphatic carbocycles. The molecule has 35 heavy (non-hydrogen) atoms. The number of fused-ring (bicyclic) bond motifs is 1. The zero-order valence-corrected chi connectivity index (χ0v) is 19.4. The van der Waals surface area contributed by atoms with Gasteiger partial charge >= 0.3 is 0 Å². The number of H-pyrrole nitrogens is 1. The Bertz CT molecular complexity index is 1220. The summed E-state index contributed by atoms with van der Waals surface area (Å²) in [5.41, 5.74) is 3.75. The quantitative estimate of drug-likeness (QED) is 0.341. The molecule has 7 nitrogen and oxygen atoms in total. The number of benzene rings is 2. The third-order valence-electron chi connectivity index (χ3n) is 6.85. The van der Waals surface area contributed by atoms with Crippen LogP contribution < -0.4 is 5.32 Å². The van der Waals surface area contributed by atoms with Gasteiger partial charge in [-0.2, -0.15) is 0 Å². The summed E-state index contributed by atoms with van der Waals surface area (Å²) >= 11 is 0. The maximum absolute atomic E-state index is 15.1. The highest BCUT2D eigenvalue weighted by molar-refractivity contribution is 5.85. The van der Waals surface area contributed by atoms with Crippen LogP contribution in [0.2, 0.25) is 0 Å². The van der Waals surface area contributed by atoms with Gasteiger partial charge in [0.2, 0.25) is 0 Å². The summed E-state index contributed by atoms with van der Waals surface area (Å²) in [5.74, 6) is -0.289. The van der Waals surface area contributed by atoms with E-state index in [1.165, 1.54) is 12.1 Å². The number of aliphatic hydroxyl groups is 1. The van der Waals surface area contributed by atoms with Crippen LogP contribution in [0.1, 0.15) is 30.0 Å². The van der Waals surface area contributed by atoms with Crippen LogP contribution in [0.25, 0.3) is 16.6 Å². The third-order valence-corrected chi connectivity index (χ3v) is 6.85. The smallest absolute Gasteiger partial charge is 0.123 e. The van der Waals surface area contributed by atoms with Crippen LogP contribution in [-0.4, -0.2) is 68.2 Å². The zero-order chi connectivity index (χ0) is 24.2. The lowest BCUT2D eigenvalue weighted by atomic mass is 10.00. The Balaban J connectivity index is 1.14. The molecule has 4 aromatic rings. The van der Waals surface area contributed by atoms with E-state index in [1.807, 2.05) is 29.0 Å². The number of likely N-dealkylation sites (tertiary alicyclic amines) is 1. The van der Waals surface area contributed by atoms with Crippen LogP contribution in [0.15, 0.2) is 61.3 Å². The maximum atomic E-state index is 15.1. The molecular weight excluding hydrogens is 450 g/mol. The van der Waals surface area contributed by atoms with E-state index in [2.05, 4.69) is 25.4 Å². The summed E-state index contributed by atoms with van der Waals surface area (Å²) in [6.07, 6.45) is 6.31. The second kappa shape index (κ2) is 10.6. The first kappa shape index (κ1) is 23.6. The molecule has 0 bridgehead atoms. The Hall–Kier alpha value is -3.14. The van der Waals surface area contributed by atoms with E-state index < -0.39 is 6.17 Å². The van der Waals surface area contributed by atoms with Crippen molar-refractivity contribution >= 4 is 10.9 Å². The normalized spacial score (nSPS) is 17.1. The fourth-order valence-electron chi connectivity index (χ4n) is 4.93. The molecule has 2 aromatic heterocycles. The molecule has 3 N–H and O–H groups in total. The summed E-state index contributed by atoms with van der Waals surface area (Å²) in [5, 5.41) is 22.0. The van der Waals surface area contributed by atoms with Crippen molar-refractivity contribution in [3.63, 3.8) is 0 Å². The Kier molecular flexibility index (Phi) is 7.17. The molecule has 2 aromatic carbocycles. The van der Waals surface area contributed by atoms with Crippen LogP contribution in [0, 0.1) is 5.82 Å².